The van der Waals surface area contributed by atoms with Gasteiger partial charge in [0.1, 0.15) is 0 Å². The van der Waals surface area contributed by atoms with Crippen molar-refractivity contribution in [2.45, 2.75) is 32.2 Å². The zero-order chi connectivity index (χ0) is 19.5. The number of benzene rings is 3. The highest BCUT2D eigenvalue weighted by Crippen LogP contribution is 2.49. The first-order chi connectivity index (χ1) is 13.5. The van der Waals surface area contributed by atoms with Gasteiger partial charge in [0.05, 0.1) is 0 Å². The van der Waals surface area contributed by atoms with Crippen molar-refractivity contribution in [2.24, 2.45) is 0 Å². The molecule has 3 aromatic rings. The van der Waals surface area contributed by atoms with Crippen LogP contribution in [0.2, 0.25) is 5.04 Å². The van der Waals surface area contributed by atoms with Gasteiger partial charge in [-0.25, -0.2) is 0 Å². The lowest BCUT2D eigenvalue weighted by atomic mass is 9.77. The maximum Gasteiger partial charge on any atom is 0.155 e. The number of hydrogen-bond donors (Lipinski definition) is 0. The van der Waals surface area contributed by atoms with Crippen molar-refractivity contribution in [3.63, 3.8) is 0 Å². The Kier molecular flexibility index (Phi) is 3.69. The van der Waals surface area contributed by atoms with Crippen LogP contribution in [-0.2, 0) is 0 Å². The minimum absolute atomic E-state index is 0.118. The maximum atomic E-state index is 4.40. The van der Waals surface area contributed by atoms with Gasteiger partial charge in [0, 0.05) is 0 Å². The third kappa shape index (κ3) is 2.11. The molecule has 1 heteroatoms. The molecule has 1 heterocycles. The van der Waals surface area contributed by atoms with Crippen LogP contribution in [0.4, 0.5) is 0 Å². The SMILES string of the molecule is C=C1CC2=C1c1ccccc1[Si@](c1ccccc1)(C(C)(C)C)c1ccccc12. The molecule has 1 aliphatic carbocycles. The maximum absolute atomic E-state index is 4.40. The van der Waals surface area contributed by atoms with Crippen LogP contribution in [0.25, 0.3) is 11.1 Å². The number of rotatable bonds is 1. The molecule has 0 aromatic heterocycles. The van der Waals surface area contributed by atoms with Crippen LogP contribution in [0.1, 0.15) is 38.3 Å². The third-order valence-corrected chi connectivity index (χ3v) is 12.6. The fourth-order valence-corrected chi connectivity index (χ4v) is 11.6. The van der Waals surface area contributed by atoms with Crippen LogP contribution in [0.15, 0.2) is 91.0 Å². The van der Waals surface area contributed by atoms with Gasteiger partial charge >= 0.3 is 0 Å². The zero-order valence-corrected chi connectivity index (χ0v) is 17.9. The summed E-state index contributed by atoms with van der Waals surface area (Å²) in [6, 6.07) is 29.6. The lowest BCUT2D eigenvalue weighted by molar-refractivity contribution is 0.739. The lowest BCUT2D eigenvalue weighted by Crippen LogP contribution is -2.73. The van der Waals surface area contributed by atoms with Gasteiger partial charge in [0.25, 0.3) is 0 Å². The molecule has 28 heavy (non-hydrogen) atoms. The molecule has 0 fully saturated rings. The van der Waals surface area contributed by atoms with Gasteiger partial charge in [-0.2, -0.15) is 0 Å². The Balaban J connectivity index is 2.03. The van der Waals surface area contributed by atoms with Crippen LogP contribution in [0, 0.1) is 0 Å². The third-order valence-electron chi connectivity index (χ3n) is 6.63. The molecule has 0 nitrogen and oxygen atoms in total. The van der Waals surface area contributed by atoms with E-state index in [0.29, 0.717) is 0 Å². The summed E-state index contributed by atoms with van der Waals surface area (Å²) in [6.07, 6.45) is 1.00. The van der Waals surface area contributed by atoms with Gasteiger partial charge in [0.2, 0.25) is 0 Å². The zero-order valence-electron chi connectivity index (χ0n) is 16.9. The van der Waals surface area contributed by atoms with E-state index < -0.39 is 8.07 Å². The second kappa shape index (κ2) is 5.92. The Hall–Kier alpha value is -2.64. The number of fused-ring (bicyclic) bond motifs is 4. The molecular weight excluding hydrogens is 352 g/mol. The van der Waals surface area contributed by atoms with Crippen molar-refractivity contribution in [3.8, 4) is 0 Å². The molecule has 1 aliphatic heterocycles. The fourth-order valence-electron chi connectivity index (χ4n) is 5.57. The molecule has 0 amide bonds. The van der Waals surface area contributed by atoms with E-state index in [9.17, 15) is 0 Å². The fraction of sp³-hybridized carbons (Fsp3) is 0.185. The van der Waals surface area contributed by atoms with Crippen molar-refractivity contribution in [1.82, 2.24) is 0 Å². The van der Waals surface area contributed by atoms with Gasteiger partial charge in [0.15, 0.2) is 8.07 Å². The quantitative estimate of drug-likeness (QED) is 0.514. The summed E-state index contributed by atoms with van der Waals surface area (Å²) >= 11 is 0. The molecule has 0 spiro atoms. The van der Waals surface area contributed by atoms with Crippen molar-refractivity contribution >= 4 is 34.8 Å². The van der Waals surface area contributed by atoms with Crippen LogP contribution >= 0.6 is 0 Å². The van der Waals surface area contributed by atoms with Crippen molar-refractivity contribution < 1.29 is 0 Å². The molecule has 0 saturated heterocycles. The van der Waals surface area contributed by atoms with E-state index in [2.05, 4.69) is 106 Å². The summed E-state index contributed by atoms with van der Waals surface area (Å²) in [7, 11) is -2.31. The van der Waals surface area contributed by atoms with E-state index in [1.165, 1.54) is 38.2 Å². The molecular formula is C27H26Si. The van der Waals surface area contributed by atoms with Crippen LogP contribution in [0.3, 0.4) is 0 Å². The Morgan fingerprint density at radius 1 is 0.714 bits per heavy atom. The Labute approximate surface area is 169 Å². The summed E-state index contributed by atoms with van der Waals surface area (Å²) in [5.74, 6) is 0. The standard InChI is InChI=1S/C27H26Si/c1-19-18-23-21-14-8-10-16-24(21)28(27(2,3)4,20-12-6-5-7-13-20)25-17-11-9-15-22(25)26(19)23/h5-17H,1,18H2,2-4H3/t28-/m1/s1. The van der Waals surface area contributed by atoms with Crippen LogP contribution in [0.5, 0.6) is 0 Å². The normalized spacial score (nSPS) is 20.6. The molecule has 2 aliphatic rings. The van der Waals surface area contributed by atoms with E-state index >= 15 is 0 Å². The molecule has 5 rings (SSSR count). The van der Waals surface area contributed by atoms with Crippen molar-refractivity contribution in [1.29, 1.82) is 0 Å². The molecule has 0 radical (unpaired) electrons. The lowest BCUT2D eigenvalue weighted by Gasteiger charge is -2.45. The number of allylic oxidation sites excluding steroid dienone is 3. The predicted molar refractivity (Wildman–Crippen MR) is 124 cm³/mol. The summed E-state index contributed by atoms with van der Waals surface area (Å²) in [5, 5.41) is 4.70. The van der Waals surface area contributed by atoms with Crippen molar-refractivity contribution in [2.75, 3.05) is 0 Å². The van der Waals surface area contributed by atoms with Gasteiger partial charge in [-0.15, -0.1) is 0 Å². The van der Waals surface area contributed by atoms with Gasteiger partial charge in [-0.1, -0.05) is 106 Å². The highest BCUT2D eigenvalue weighted by Gasteiger charge is 2.53. The van der Waals surface area contributed by atoms with Gasteiger partial charge in [-0.3, -0.25) is 0 Å². The summed E-state index contributed by atoms with van der Waals surface area (Å²) in [4.78, 5) is 0. The smallest absolute Gasteiger partial charge is 0.0949 e. The highest BCUT2D eigenvalue weighted by atomic mass is 28.3. The first-order valence-corrected chi connectivity index (χ1v) is 12.1. The van der Waals surface area contributed by atoms with E-state index in [1.54, 1.807) is 5.19 Å². The molecule has 1 atom stereocenters. The number of hydrogen-bond acceptors (Lipinski definition) is 0. The summed E-state index contributed by atoms with van der Waals surface area (Å²) in [6.45, 7) is 11.7. The summed E-state index contributed by atoms with van der Waals surface area (Å²) in [5.41, 5.74) is 7.03. The van der Waals surface area contributed by atoms with E-state index in [-0.39, 0.29) is 5.04 Å². The second-order valence-corrected chi connectivity index (χ2v) is 13.7. The van der Waals surface area contributed by atoms with E-state index in [4.69, 9.17) is 0 Å². The average Bonchev–Trinajstić information content (AvgIpc) is 2.76. The molecule has 0 N–H and O–H groups in total. The van der Waals surface area contributed by atoms with Crippen LogP contribution in [-0.4, -0.2) is 8.07 Å². The Morgan fingerprint density at radius 3 is 1.86 bits per heavy atom. The Morgan fingerprint density at radius 2 is 1.25 bits per heavy atom. The Bertz CT molecular complexity index is 1130. The predicted octanol–water partition coefficient (Wildman–Crippen LogP) is 5.14. The first kappa shape index (κ1) is 17.5. The molecule has 0 bridgehead atoms. The largest absolute Gasteiger partial charge is 0.155 e. The minimum atomic E-state index is -2.31. The monoisotopic (exact) mass is 378 g/mol. The molecule has 0 unspecified atom stereocenters. The van der Waals surface area contributed by atoms with Gasteiger partial charge < -0.3 is 0 Å². The highest BCUT2D eigenvalue weighted by molar-refractivity contribution is 7.14. The summed E-state index contributed by atoms with van der Waals surface area (Å²) < 4.78 is 0. The molecule has 0 saturated carbocycles. The average molecular weight is 379 g/mol. The topological polar surface area (TPSA) is 0 Å². The van der Waals surface area contributed by atoms with Gasteiger partial charge in [-0.05, 0) is 54.9 Å². The van der Waals surface area contributed by atoms with Crippen molar-refractivity contribution in [3.05, 3.63) is 102 Å². The first-order valence-electron chi connectivity index (χ1n) is 10.1. The van der Waals surface area contributed by atoms with Crippen LogP contribution < -0.4 is 15.6 Å². The molecule has 3 aromatic carbocycles. The molecule has 138 valence electrons. The second-order valence-electron chi connectivity index (χ2n) is 9.09. The van der Waals surface area contributed by atoms with E-state index in [1.807, 2.05) is 0 Å². The minimum Gasteiger partial charge on any atom is -0.0949 e. The van der Waals surface area contributed by atoms with E-state index in [0.717, 1.165) is 6.42 Å².